The average molecular weight is 423 g/mol. The van der Waals surface area contributed by atoms with Crippen molar-refractivity contribution in [2.45, 2.75) is 97.4 Å². The van der Waals surface area contributed by atoms with Gasteiger partial charge in [-0.2, -0.15) is 0 Å². The number of carboxylic acid groups (broad SMARTS) is 1. The van der Waals surface area contributed by atoms with E-state index >= 15 is 0 Å². The molecule has 4 saturated carbocycles. The lowest BCUT2D eigenvalue weighted by atomic mass is 9.43. The fraction of sp³-hybridized carbons (Fsp3) is 0.960. The van der Waals surface area contributed by atoms with Gasteiger partial charge in [-0.3, -0.25) is 4.79 Å². The lowest BCUT2D eigenvalue weighted by Gasteiger charge is -2.63. The van der Waals surface area contributed by atoms with Crippen molar-refractivity contribution in [1.29, 1.82) is 0 Å². The van der Waals surface area contributed by atoms with E-state index in [1.54, 1.807) is 6.92 Å². The second-order valence-corrected chi connectivity index (χ2v) is 12.0. The molecule has 5 nitrogen and oxygen atoms in total. The van der Waals surface area contributed by atoms with Crippen molar-refractivity contribution in [3.05, 3.63) is 0 Å². The van der Waals surface area contributed by atoms with E-state index in [2.05, 4.69) is 20.8 Å². The summed E-state index contributed by atoms with van der Waals surface area (Å²) in [6.45, 7) is 8.52. The quantitative estimate of drug-likeness (QED) is 0.554. The maximum absolute atomic E-state index is 11.5. The first kappa shape index (κ1) is 22.5. The van der Waals surface area contributed by atoms with Gasteiger partial charge in [-0.25, -0.2) is 0 Å². The molecule has 4 N–H and O–H groups in total. The molecule has 5 heteroatoms. The summed E-state index contributed by atoms with van der Waals surface area (Å²) in [6.07, 6.45) is 5.75. The van der Waals surface area contributed by atoms with E-state index in [0.29, 0.717) is 30.1 Å². The predicted molar refractivity (Wildman–Crippen MR) is 115 cm³/mol. The van der Waals surface area contributed by atoms with E-state index in [4.69, 9.17) is 0 Å². The molecule has 0 radical (unpaired) electrons. The summed E-state index contributed by atoms with van der Waals surface area (Å²) in [6, 6.07) is 0. The van der Waals surface area contributed by atoms with Gasteiger partial charge in [0.15, 0.2) is 0 Å². The Bertz CT molecular complexity index is 666. The minimum absolute atomic E-state index is 0.0902. The van der Waals surface area contributed by atoms with Crippen LogP contribution in [0.4, 0.5) is 0 Å². The third-order valence-electron chi connectivity index (χ3n) is 10.7. The lowest BCUT2D eigenvalue weighted by molar-refractivity contribution is -0.207. The van der Waals surface area contributed by atoms with E-state index < -0.39 is 12.1 Å². The van der Waals surface area contributed by atoms with E-state index in [1.807, 2.05) is 0 Å². The molecule has 30 heavy (non-hydrogen) atoms. The van der Waals surface area contributed by atoms with Gasteiger partial charge in [0.05, 0.1) is 24.2 Å². The Balaban J connectivity index is 1.61. The molecule has 0 saturated heterocycles. The number of fused-ring (bicyclic) bond motifs is 5. The molecule has 6 unspecified atom stereocenters. The van der Waals surface area contributed by atoms with Gasteiger partial charge in [0.25, 0.3) is 0 Å². The lowest BCUT2D eigenvalue weighted by Crippen LogP contribution is -2.62. The van der Waals surface area contributed by atoms with Gasteiger partial charge < -0.3 is 20.4 Å². The molecule has 4 aliphatic carbocycles. The molecule has 0 aromatic carbocycles. The average Bonchev–Trinajstić information content (AvgIpc) is 3.02. The van der Waals surface area contributed by atoms with Crippen LogP contribution >= 0.6 is 0 Å². The third kappa shape index (κ3) is 3.26. The number of rotatable bonds is 4. The monoisotopic (exact) mass is 422 g/mol. The molecule has 0 bridgehead atoms. The van der Waals surface area contributed by atoms with Crippen LogP contribution in [0.3, 0.4) is 0 Å². The van der Waals surface area contributed by atoms with Gasteiger partial charge >= 0.3 is 5.97 Å². The molecule has 4 rings (SSSR count). The maximum atomic E-state index is 11.5. The Morgan fingerprint density at radius 1 is 1.00 bits per heavy atom. The highest BCUT2D eigenvalue weighted by Crippen LogP contribution is 2.68. The van der Waals surface area contributed by atoms with Crippen molar-refractivity contribution in [3.63, 3.8) is 0 Å². The Kier molecular flexibility index (Phi) is 5.81. The maximum Gasteiger partial charge on any atom is 0.306 e. The molecular formula is C25H42O5. The number of hydrogen-bond acceptors (Lipinski definition) is 4. The molecule has 0 aromatic rings. The SMILES string of the molecule is CC(C[C@H](C)C(=O)O)C1CCC2C3C(CC(O)[C@]12C)[C@@]1(C)CC[C@@H](O)C[C@H]1C[C@H]3O. The predicted octanol–water partition coefficient (Wildman–Crippen LogP) is 3.69. The topological polar surface area (TPSA) is 98.0 Å². The van der Waals surface area contributed by atoms with E-state index in [-0.39, 0.29) is 40.8 Å². The van der Waals surface area contributed by atoms with Crippen molar-refractivity contribution in [2.75, 3.05) is 0 Å². The Morgan fingerprint density at radius 3 is 2.37 bits per heavy atom. The van der Waals surface area contributed by atoms with Crippen LogP contribution in [0.2, 0.25) is 0 Å². The fourth-order valence-electron chi connectivity index (χ4n) is 8.95. The zero-order valence-corrected chi connectivity index (χ0v) is 19.1. The van der Waals surface area contributed by atoms with Crippen LogP contribution < -0.4 is 0 Å². The smallest absolute Gasteiger partial charge is 0.306 e. The van der Waals surface area contributed by atoms with Crippen molar-refractivity contribution < 1.29 is 25.2 Å². The zero-order valence-electron chi connectivity index (χ0n) is 19.1. The van der Waals surface area contributed by atoms with Crippen LogP contribution in [-0.4, -0.2) is 44.7 Å². The number of aliphatic hydroxyl groups excluding tert-OH is 3. The van der Waals surface area contributed by atoms with Crippen LogP contribution in [0.15, 0.2) is 0 Å². The molecule has 12 atom stereocenters. The molecule has 0 amide bonds. The number of aliphatic carboxylic acids is 1. The number of carbonyl (C=O) groups is 1. The zero-order chi connectivity index (χ0) is 22.0. The standard InChI is InChI=1S/C25H42O5/c1-13(9-14(2)23(29)30)17-5-6-18-22-19(12-21(28)25(17,18)4)24(3)8-7-16(26)10-15(24)11-20(22)27/h13-22,26-28H,5-12H2,1-4H3,(H,29,30)/t13?,14-,15-,16+,17?,18?,19?,20+,21?,22?,24-,25+/m0/s1. The van der Waals surface area contributed by atoms with Crippen molar-refractivity contribution in [3.8, 4) is 0 Å². The van der Waals surface area contributed by atoms with E-state index in [0.717, 1.165) is 44.9 Å². The first-order valence-electron chi connectivity index (χ1n) is 12.3. The summed E-state index contributed by atoms with van der Waals surface area (Å²) in [4.78, 5) is 11.4. The highest BCUT2D eigenvalue weighted by Gasteiger charge is 2.65. The van der Waals surface area contributed by atoms with Gasteiger partial charge in [-0.05, 0) is 97.7 Å². The molecule has 0 heterocycles. The molecule has 172 valence electrons. The fourth-order valence-corrected chi connectivity index (χ4v) is 8.95. The Hall–Kier alpha value is -0.650. The first-order valence-corrected chi connectivity index (χ1v) is 12.3. The van der Waals surface area contributed by atoms with E-state index in [9.17, 15) is 25.2 Å². The Morgan fingerprint density at radius 2 is 1.70 bits per heavy atom. The molecule has 0 spiro atoms. The minimum atomic E-state index is -0.744. The van der Waals surface area contributed by atoms with Crippen molar-refractivity contribution in [2.24, 2.45) is 52.3 Å². The normalized spacial score (nSPS) is 52.6. The van der Waals surface area contributed by atoms with Gasteiger partial charge in [0, 0.05) is 0 Å². The van der Waals surface area contributed by atoms with Crippen LogP contribution in [0.1, 0.15) is 79.1 Å². The van der Waals surface area contributed by atoms with Crippen LogP contribution in [0.25, 0.3) is 0 Å². The van der Waals surface area contributed by atoms with Gasteiger partial charge in [-0.15, -0.1) is 0 Å². The van der Waals surface area contributed by atoms with Crippen LogP contribution in [0, 0.1) is 52.3 Å². The summed E-state index contributed by atoms with van der Waals surface area (Å²) in [5.41, 5.74) is -0.163. The number of carboxylic acids is 1. The molecule has 0 aromatic heterocycles. The summed E-state index contributed by atoms with van der Waals surface area (Å²) in [5, 5.41) is 42.4. The van der Waals surface area contributed by atoms with Gasteiger partial charge in [0.1, 0.15) is 0 Å². The summed E-state index contributed by atoms with van der Waals surface area (Å²) >= 11 is 0. The molecule has 4 aliphatic rings. The summed E-state index contributed by atoms with van der Waals surface area (Å²) in [5.74, 6) is 0.567. The highest BCUT2D eigenvalue weighted by atomic mass is 16.4. The molecular weight excluding hydrogens is 380 g/mol. The van der Waals surface area contributed by atoms with Crippen LogP contribution in [-0.2, 0) is 4.79 Å². The van der Waals surface area contributed by atoms with Gasteiger partial charge in [0.2, 0.25) is 0 Å². The molecule has 4 fully saturated rings. The first-order chi connectivity index (χ1) is 14.0. The minimum Gasteiger partial charge on any atom is -0.481 e. The highest BCUT2D eigenvalue weighted by molar-refractivity contribution is 5.69. The number of aliphatic hydroxyl groups is 3. The largest absolute Gasteiger partial charge is 0.481 e. The van der Waals surface area contributed by atoms with Crippen LogP contribution in [0.5, 0.6) is 0 Å². The second-order valence-electron chi connectivity index (χ2n) is 12.0. The van der Waals surface area contributed by atoms with Gasteiger partial charge in [-0.1, -0.05) is 27.7 Å². The number of hydrogen-bond donors (Lipinski definition) is 4. The van der Waals surface area contributed by atoms with E-state index in [1.165, 1.54) is 0 Å². The summed E-state index contributed by atoms with van der Waals surface area (Å²) < 4.78 is 0. The second kappa shape index (κ2) is 7.74. The third-order valence-corrected chi connectivity index (χ3v) is 10.7. The summed E-state index contributed by atoms with van der Waals surface area (Å²) in [7, 11) is 0. The molecule has 0 aliphatic heterocycles. The Labute approximate surface area is 181 Å². The van der Waals surface area contributed by atoms with Crippen molar-refractivity contribution in [1.82, 2.24) is 0 Å². The van der Waals surface area contributed by atoms with Crippen molar-refractivity contribution >= 4 is 5.97 Å².